The first-order valence-electron chi connectivity index (χ1n) is 6.69. The minimum absolute atomic E-state index is 0.513. The number of halogens is 1. The molecule has 1 aromatic carbocycles. The maximum absolute atomic E-state index is 5.66. The lowest BCUT2D eigenvalue weighted by Crippen LogP contribution is -2.06. The lowest BCUT2D eigenvalue weighted by atomic mass is 10.1. The van der Waals surface area contributed by atoms with Crippen LogP contribution in [0.3, 0.4) is 0 Å². The minimum atomic E-state index is 0.513. The number of fused-ring (bicyclic) bond motifs is 1. The van der Waals surface area contributed by atoms with Gasteiger partial charge in [-0.05, 0) is 49.3 Å². The number of aryl methyl sites for hydroxylation is 1. The van der Waals surface area contributed by atoms with Gasteiger partial charge < -0.3 is 9.30 Å². The van der Waals surface area contributed by atoms with Gasteiger partial charge >= 0.3 is 0 Å². The van der Waals surface area contributed by atoms with E-state index in [0.29, 0.717) is 6.10 Å². The number of benzene rings is 1. The second-order valence-corrected chi connectivity index (χ2v) is 5.91. The van der Waals surface area contributed by atoms with E-state index in [1.807, 2.05) is 0 Å². The Balaban J connectivity index is 1.65. The van der Waals surface area contributed by atoms with Crippen molar-refractivity contribution in [2.24, 2.45) is 0 Å². The lowest BCUT2D eigenvalue weighted by Gasteiger charge is -2.10. The Labute approximate surface area is 116 Å². The number of hydrogen-bond acceptors (Lipinski definition) is 1. The normalized spacial score (nSPS) is 19.7. The summed E-state index contributed by atoms with van der Waals surface area (Å²) in [5, 5.41) is 1.32. The van der Waals surface area contributed by atoms with Gasteiger partial charge in [0.15, 0.2) is 0 Å². The van der Waals surface area contributed by atoms with E-state index in [9.17, 15) is 0 Å². The van der Waals surface area contributed by atoms with Crippen molar-refractivity contribution in [1.29, 1.82) is 0 Å². The SMILES string of the molecule is Brc1ccc2ccn(CCCC3CCCO3)c2c1. The van der Waals surface area contributed by atoms with Gasteiger partial charge in [0.25, 0.3) is 0 Å². The molecule has 1 atom stereocenters. The third-order valence-corrected chi connectivity index (χ3v) is 4.18. The van der Waals surface area contributed by atoms with Crippen molar-refractivity contribution in [2.75, 3.05) is 6.61 Å². The first kappa shape index (κ1) is 12.2. The molecule has 3 heteroatoms. The smallest absolute Gasteiger partial charge is 0.0576 e. The average molecular weight is 308 g/mol. The summed E-state index contributed by atoms with van der Waals surface area (Å²) in [5.74, 6) is 0. The fourth-order valence-electron chi connectivity index (χ4n) is 2.71. The van der Waals surface area contributed by atoms with E-state index < -0.39 is 0 Å². The molecule has 3 rings (SSSR count). The summed E-state index contributed by atoms with van der Waals surface area (Å²) >= 11 is 3.54. The number of hydrogen-bond donors (Lipinski definition) is 0. The number of nitrogens with zero attached hydrogens (tertiary/aromatic N) is 1. The van der Waals surface area contributed by atoms with Crippen LogP contribution in [0.4, 0.5) is 0 Å². The van der Waals surface area contributed by atoms with E-state index >= 15 is 0 Å². The minimum Gasteiger partial charge on any atom is -0.378 e. The highest BCUT2D eigenvalue weighted by molar-refractivity contribution is 9.10. The molecule has 2 aromatic rings. The van der Waals surface area contributed by atoms with Gasteiger partial charge in [0.05, 0.1) is 6.10 Å². The Morgan fingerprint density at radius 3 is 3.11 bits per heavy atom. The van der Waals surface area contributed by atoms with Gasteiger partial charge in [0.2, 0.25) is 0 Å². The first-order chi connectivity index (χ1) is 8.83. The Bertz CT molecular complexity index is 528. The standard InChI is InChI=1S/C15H18BrNO/c16-13-6-5-12-7-9-17(15(12)11-13)8-1-3-14-4-2-10-18-14/h5-7,9,11,14H,1-4,8,10H2. The zero-order chi connectivity index (χ0) is 12.4. The largest absolute Gasteiger partial charge is 0.378 e. The van der Waals surface area contributed by atoms with Gasteiger partial charge in [-0.1, -0.05) is 22.0 Å². The monoisotopic (exact) mass is 307 g/mol. The summed E-state index contributed by atoms with van der Waals surface area (Å²) in [4.78, 5) is 0. The van der Waals surface area contributed by atoms with Crippen LogP contribution in [-0.4, -0.2) is 17.3 Å². The predicted molar refractivity (Wildman–Crippen MR) is 77.8 cm³/mol. The van der Waals surface area contributed by atoms with Crippen LogP contribution in [-0.2, 0) is 11.3 Å². The van der Waals surface area contributed by atoms with E-state index in [2.05, 4.69) is 51.0 Å². The molecule has 0 amide bonds. The summed E-state index contributed by atoms with van der Waals surface area (Å²) < 4.78 is 9.15. The number of rotatable bonds is 4. The van der Waals surface area contributed by atoms with E-state index in [0.717, 1.165) is 17.6 Å². The van der Waals surface area contributed by atoms with Crippen molar-refractivity contribution in [3.63, 3.8) is 0 Å². The van der Waals surface area contributed by atoms with Crippen LogP contribution in [0.15, 0.2) is 34.9 Å². The molecule has 1 saturated heterocycles. The second-order valence-electron chi connectivity index (χ2n) is 4.99. The molecule has 0 N–H and O–H groups in total. The van der Waals surface area contributed by atoms with Crippen LogP contribution >= 0.6 is 15.9 Å². The average Bonchev–Trinajstić information content (AvgIpc) is 2.99. The molecule has 96 valence electrons. The molecule has 0 radical (unpaired) electrons. The maximum Gasteiger partial charge on any atom is 0.0576 e. The predicted octanol–water partition coefficient (Wildman–Crippen LogP) is 4.36. The van der Waals surface area contributed by atoms with Crippen LogP contribution in [0.5, 0.6) is 0 Å². The van der Waals surface area contributed by atoms with Crippen molar-refractivity contribution < 1.29 is 4.74 Å². The zero-order valence-corrected chi connectivity index (χ0v) is 12.0. The van der Waals surface area contributed by atoms with Crippen molar-refractivity contribution in [1.82, 2.24) is 4.57 Å². The Morgan fingerprint density at radius 1 is 1.33 bits per heavy atom. The van der Waals surface area contributed by atoms with Gasteiger partial charge in [-0.25, -0.2) is 0 Å². The van der Waals surface area contributed by atoms with E-state index in [1.165, 1.54) is 36.6 Å². The fraction of sp³-hybridized carbons (Fsp3) is 0.467. The van der Waals surface area contributed by atoms with Crippen LogP contribution < -0.4 is 0 Å². The molecule has 2 heterocycles. The number of aromatic nitrogens is 1. The van der Waals surface area contributed by atoms with Crippen molar-refractivity contribution in [2.45, 2.75) is 38.3 Å². The highest BCUT2D eigenvalue weighted by atomic mass is 79.9. The fourth-order valence-corrected chi connectivity index (χ4v) is 3.06. The molecule has 1 aliphatic rings. The Hall–Kier alpha value is -0.800. The van der Waals surface area contributed by atoms with Crippen molar-refractivity contribution in [3.05, 3.63) is 34.9 Å². The van der Waals surface area contributed by atoms with E-state index in [4.69, 9.17) is 4.74 Å². The van der Waals surface area contributed by atoms with Gasteiger partial charge in [-0.3, -0.25) is 0 Å². The van der Waals surface area contributed by atoms with Gasteiger partial charge in [-0.15, -0.1) is 0 Å². The zero-order valence-electron chi connectivity index (χ0n) is 10.4. The summed E-state index contributed by atoms with van der Waals surface area (Å²) in [6.45, 7) is 2.05. The molecule has 1 fully saturated rings. The molecule has 18 heavy (non-hydrogen) atoms. The molecule has 1 aliphatic heterocycles. The topological polar surface area (TPSA) is 14.2 Å². The maximum atomic E-state index is 5.66. The van der Waals surface area contributed by atoms with E-state index in [1.54, 1.807) is 0 Å². The molecule has 0 bridgehead atoms. The van der Waals surface area contributed by atoms with Gasteiger partial charge in [0.1, 0.15) is 0 Å². The van der Waals surface area contributed by atoms with E-state index in [-0.39, 0.29) is 0 Å². The number of ether oxygens (including phenoxy) is 1. The van der Waals surface area contributed by atoms with Crippen LogP contribution in [0.2, 0.25) is 0 Å². The molecule has 0 saturated carbocycles. The third-order valence-electron chi connectivity index (χ3n) is 3.69. The molecular weight excluding hydrogens is 290 g/mol. The molecular formula is C15H18BrNO. The second kappa shape index (κ2) is 5.45. The first-order valence-corrected chi connectivity index (χ1v) is 7.48. The lowest BCUT2D eigenvalue weighted by molar-refractivity contribution is 0.101. The highest BCUT2D eigenvalue weighted by Crippen LogP contribution is 2.22. The Morgan fingerprint density at radius 2 is 2.28 bits per heavy atom. The molecule has 1 aromatic heterocycles. The molecule has 2 nitrogen and oxygen atoms in total. The van der Waals surface area contributed by atoms with Crippen molar-refractivity contribution >= 4 is 26.8 Å². The molecule has 0 spiro atoms. The van der Waals surface area contributed by atoms with Gasteiger partial charge in [-0.2, -0.15) is 0 Å². The van der Waals surface area contributed by atoms with Gasteiger partial charge in [0, 0.05) is 29.3 Å². The van der Waals surface area contributed by atoms with Crippen molar-refractivity contribution in [3.8, 4) is 0 Å². The Kier molecular flexibility index (Phi) is 3.71. The van der Waals surface area contributed by atoms with Crippen LogP contribution in [0, 0.1) is 0 Å². The highest BCUT2D eigenvalue weighted by Gasteiger charge is 2.14. The summed E-state index contributed by atoms with van der Waals surface area (Å²) in [6, 6.07) is 8.64. The summed E-state index contributed by atoms with van der Waals surface area (Å²) in [6.07, 6.45) is 7.57. The molecule has 0 aliphatic carbocycles. The third kappa shape index (κ3) is 2.62. The quantitative estimate of drug-likeness (QED) is 0.818. The van der Waals surface area contributed by atoms with Crippen LogP contribution in [0.1, 0.15) is 25.7 Å². The summed E-state index contributed by atoms with van der Waals surface area (Å²) in [7, 11) is 0. The molecule has 1 unspecified atom stereocenters. The van der Waals surface area contributed by atoms with Crippen LogP contribution in [0.25, 0.3) is 10.9 Å². The summed E-state index contributed by atoms with van der Waals surface area (Å²) in [5.41, 5.74) is 1.32.